The Morgan fingerprint density at radius 1 is 1.24 bits per heavy atom. The van der Waals surface area contributed by atoms with Crippen LogP contribution in [0.5, 0.6) is 0 Å². The van der Waals surface area contributed by atoms with Crippen LogP contribution in [0.3, 0.4) is 0 Å². The van der Waals surface area contributed by atoms with Gasteiger partial charge < -0.3 is 10.6 Å². The molecule has 100 valence electrons. The Hall–Kier alpha value is -0.130. The fourth-order valence-corrected chi connectivity index (χ4v) is 4.95. The molecule has 0 radical (unpaired) electrons. The molecule has 2 atom stereocenters. The van der Waals surface area contributed by atoms with Gasteiger partial charge in [0.2, 0.25) is 0 Å². The molecular weight excluding hydrogens is 236 g/mol. The van der Waals surface area contributed by atoms with Crippen molar-refractivity contribution in [2.24, 2.45) is 23.5 Å². The van der Waals surface area contributed by atoms with Crippen molar-refractivity contribution in [3.63, 3.8) is 0 Å². The molecule has 0 amide bonds. The summed E-state index contributed by atoms with van der Waals surface area (Å²) in [6.07, 6.45) is 2.87. The molecule has 17 heavy (non-hydrogen) atoms. The van der Waals surface area contributed by atoms with E-state index in [9.17, 15) is 8.42 Å². The second kappa shape index (κ2) is 5.24. The maximum Gasteiger partial charge on any atom is 0.150 e. The third kappa shape index (κ3) is 3.20. The van der Waals surface area contributed by atoms with Gasteiger partial charge in [-0.2, -0.15) is 0 Å². The molecular formula is C12H24N2O2S. The van der Waals surface area contributed by atoms with Crippen molar-refractivity contribution < 1.29 is 8.42 Å². The van der Waals surface area contributed by atoms with Crippen LogP contribution in [0.25, 0.3) is 0 Å². The van der Waals surface area contributed by atoms with Crippen LogP contribution in [0.2, 0.25) is 0 Å². The highest BCUT2D eigenvalue weighted by Crippen LogP contribution is 2.34. The molecule has 0 saturated carbocycles. The highest BCUT2D eigenvalue weighted by atomic mass is 32.2. The molecule has 2 N–H and O–H groups in total. The number of hydrogen-bond acceptors (Lipinski definition) is 4. The summed E-state index contributed by atoms with van der Waals surface area (Å²) in [7, 11) is -0.591. The molecule has 0 bridgehead atoms. The lowest BCUT2D eigenvalue weighted by Gasteiger charge is -2.33. The molecule has 2 fully saturated rings. The SMILES string of the molecule is CN1CCC(C(CN)C2CCS(=O)(=O)CC2)C1. The normalized spacial score (nSPS) is 32.7. The van der Waals surface area contributed by atoms with Crippen molar-refractivity contribution in [3.05, 3.63) is 0 Å². The van der Waals surface area contributed by atoms with Gasteiger partial charge in [0, 0.05) is 6.54 Å². The summed E-state index contributed by atoms with van der Waals surface area (Å²) in [4.78, 5) is 2.35. The summed E-state index contributed by atoms with van der Waals surface area (Å²) in [5, 5.41) is 0. The van der Waals surface area contributed by atoms with E-state index in [0.717, 1.165) is 25.9 Å². The number of hydrogen-bond donors (Lipinski definition) is 1. The maximum absolute atomic E-state index is 11.4. The van der Waals surface area contributed by atoms with Gasteiger partial charge in [-0.05, 0) is 57.2 Å². The smallest absolute Gasteiger partial charge is 0.150 e. The summed E-state index contributed by atoms with van der Waals surface area (Å²) < 4.78 is 22.9. The zero-order valence-corrected chi connectivity index (χ0v) is 11.5. The fourth-order valence-electron chi connectivity index (χ4n) is 3.42. The third-order valence-corrected chi connectivity index (χ3v) is 6.23. The van der Waals surface area contributed by atoms with Gasteiger partial charge in [0.15, 0.2) is 0 Å². The first-order valence-corrected chi connectivity index (χ1v) is 8.43. The molecule has 2 aliphatic rings. The van der Waals surface area contributed by atoms with Crippen molar-refractivity contribution in [1.82, 2.24) is 4.90 Å². The summed E-state index contributed by atoms with van der Waals surface area (Å²) >= 11 is 0. The zero-order valence-electron chi connectivity index (χ0n) is 10.6. The van der Waals surface area contributed by atoms with Gasteiger partial charge in [-0.1, -0.05) is 0 Å². The van der Waals surface area contributed by atoms with E-state index in [4.69, 9.17) is 5.73 Å². The number of likely N-dealkylation sites (tertiary alicyclic amines) is 1. The predicted octanol–water partition coefficient (Wildman–Crippen LogP) is 0.338. The summed E-state index contributed by atoms with van der Waals surface area (Å²) in [5.41, 5.74) is 5.93. The van der Waals surface area contributed by atoms with Crippen LogP contribution in [0.1, 0.15) is 19.3 Å². The van der Waals surface area contributed by atoms with E-state index >= 15 is 0 Å². The van der Waals surface area contributed by atoms with Crippen LogP contribution in [0.4, 0.5) is 0 Å². The molecule has 2 unspecified atom stereocenters. The fraction of sp³-hybridized carbons (Fsp3) is 1.00. The van der Waals surface area contributed by atoms with Crippen LogP contribution in [-0.2, 0) is 9.84 Å². The molecule has 2 heterocycles. The van der Waals surface area contributed by atoms with Gasteiger partial charge in [0.25, 0.3) is 0 Å². The molecule has 2 saturated heterocycles. The van der Waals surface area contributed by atoms with Crippen LogP contribution in [0, 0.1) is 17.8 Å². The van der Waals surface area contributed by atoms with E-state index in [1.807, 2.05) is 0 Å². The standard InChI is InChI=1S/C12H24N2O2S/c1-14-5-2-11(9-14)12(8-13)10-3-6-17(15,16)7-4-10/h10-12H,2-9,13H2,1H3. The molecule has 4 nitrogen and oxygen atoms in total. The van der Waals surface area contributed by atoms with Gasteiger partial charge in [-0.25, -0.2) is 8.42 Å². The molecule has 0 aromatic heterocycles. The number of nitrogens with two attached hydrogens (primary N) is 1. The second-order valence-electron chi connectivity index (χ2n) is 5.70. The first kappa shape index (κ1) is 13.3. The minimum absolute atomic E-state index is 0.372. The number of nitrogens with zero attached hydrogens (tertiary/aromatic N) is 1. The number of rotatable bonds is 3. The molecule has 0 aromatic carbocycles. The van der Waals surface area contributed by atoms with Crippen LogP contribution in [0.15, 0.2) is 0 Å². The van der Waals surface area contributed by atoms with Gasteiger partial charge in [-0.15, -0.1) is 0 Å². The minimum atomic E-state index is -2.74. The van der Waals surface area contributed by atoms with Crippen molar-refractivity contribution in [1.29, 1.82) is 0 Å². The predicted molar refractivity (Wildman–Crippen MR) is 69.5 cm³/mol. The van der Waals surface area contributed by atoms with Gasteiger partial charge in [0.05, 0.1) is 11.5 Å². The molecule has 0 aliphatic carbocycles. The lowest BCUT2D eigenvalue weighted by atomic mass is 9.78. The van der Waals surface area contributed by atoms with Crippen molar-refractivity contribution >= 4 is 9.84 Å². The third-order valence-electron chi connectivity index (χ3n) is 4.51. The zero-order chi connectivity index (χ0) is 12.5. The number of sulfone groups is 1. The van der Waals surface area contributed by atoms with Crippen LogP contribution < -0.4 is 5.73 Å². The van der Waals surface area contributed by atoms with E-state index < -0.39 is 9.84 Å². The Balaban J connectivity index is 1.95. The summed E-state index contributed by atoms with van der Waals surface area (Å²) in [5.74, 6) is 2.47. The highest BCUT2D eigenvalue weighted by molar-refractivity contribution is 7.91. The van der Waals surface area contributed by atoms with E-state index in [-0.39, 0.29) is 0 Å². The monoisotopic (exact) mass is 260 g/mol. The largest absolute Gasteiger partial charge is 0.330 e. The molecule has 0 aromatic rings. The van der Waals surface area contributed by atoms with E-state index in [0.29, 0.717) is 35.8 Å². The Morgan fingerprint density at radius 3 is 2.35 bits per heavy atom. The quantitative estimate of drug-likeness (QED) is 0.795. The van der Waals surface area contributed by atoms with Gasteiger partial charge in [0.1, 0.15) is 9.84 Å². The van der Waals surface area contributed by atoms with E-state index in [1.54, 1.807) is 0 Å². The van der Waals surface area contributed by atoms with Crippen molar-refractivity contribution in [2.45, 2.75) is 19.3 Å². The summed E-state index contributed by atoms with van der Waals surface area (Å²) in [6.45, 7) is 3.00. The van der Waals surface area contributed by atoms with Crippen molar-refractivity contribution in [3.8, 4) is 0 Å². The van der Waals surface area contributed by atoms with E-state index in [1.165, 1.54) is 6.42 Å². The lowest BCUT2D eigenvalue weighted by molar-refractivity contribution is 0.218. The van der Waals surface area contributed by atoms with Crippen LogP contribution >= 0.6 is 0 Å². The Bertz CT molecular complexity index is 342. The Kier molecular flexibility index (Phi) is 4.10. The highest BCUT2D eigenvalue weighted by Gasteiger charge is 2.35. The second-order valence-corrected chi connectivity index (χ2v) is 8.00. The summed E-state index contributed by atoms with van der Waals surface area (Å²) in [6, 6.07) is 0. The first-order chi connectivity index (χ1) is 8.02. The molecule has 2 rings (SSSR count). The Labute approximate surface area is 104 Å². The molecule has 5 heteroatoms. The molecule has 0 spiro atoms. The van der Waals surface area contributed by atoms with Gasteiger partial charge >= 0.3 is 0 Å². The topological polar surface area (TPSA) is 63.4 Å². The van der Waals surface area contributed by atoms with Crippen LogP contribution in [-0.4, -0.2) is 51.5 Å². The molecule has 2 aliphatic heterocycles. The first-order valence-electron chi connectivity index (χ1n) is 6.61. The lowest BCUT2D eigenvalue weighted by Crippen LogP contribution is -2.36. The minimum Gasteiger partial charge on any atom is -0.330 e. The Morgan fingerprint density at radius 2 is 1.88 bits per heavy atom. The van der Waals surface area contributed by atoms with Crippen molar-refractivity contribution in [2.75, 3.05) is 38.2 Å². The van der Waals surface area contributed by atoms with Gasteiger partial charge in [-0.3, -0.25) is 0 Å². The average Bonchev–Trinajstić information content (AvgIpc) is 2.68. The average molecular weight is 260 g/mol. The maximum atomic E-state index is 11.4. The van der Waals surface area contributed by atoms with E-state index in [2.05, 4.69) is 11.9 Å².